The number of aryl methyl sites for hydroxylation is 1. The maximum absolute atomic E-state index is 5.44. The average Bonchev–Trinajstić information content (AvgIpc) is 3.15. The third kappa shape index (κ3) is 2.19. The number of hydrogen-bond acceptors (Lipinski definition) is 4. The van der Waals surface area contributed by atoms with Gasteiger partial charge in [-0.25, -0.2) is 4.68 Å². The zero-order chi connectivity index (χ0) is 14.2. The predicted molar refractivity (Wildman–Crippen MR) is 80.7 cm³/mol. The van der Waals surface area contributed by atoms with Crippen molar-refractivity contribution in [1.82, 2.24) is 20.0 Å². The minimum atomic E-state index is 0.157. The number of hydrogen-bond donors (Lipinski definition) is 0. The molecule has 4 rings (SSSR count). The second-order valence-corrected chi connectivity index (χ2v) is 5.99. The smallest absolute Gasteiger partial charge is 0.169 e. The first kappa shape index (κ1) is 12.8. The molecule has 106 valence electrons. The number of aromatic nitrogens is 4. The van der Waals surface area contributed by atoms with Gasteiger partial charge in [0.15, 0.2) is 5.76 Å². The summed E-state index contributed by atoms with van der Waals surface area (Å²) in [7, 11) is 0. The van der Waals surface area contributed by atoms with Crippen molar-refractivity contribution in [1.29, 1.82) is 0 Å². The van der Waals surface area contributed by atoms with E-state index >= 15 is 0 Å². The lowest BCUT2D eigenvalue weighted by Gasteiger charge is -2.23. The van der Waals surface area contributed by atoms with Crippen LogP contribution in [-0.4, -0.2) is 20.0 Å². The molecular weight excluding hydrogens is 332 g/mol. The van der Waals surface area contributed by atoms with Crippen LogP contribution in [0.4, 0.5) is 0 Å². The number of nitrogens with zero attached hydrogens (tertiary/aromatic N) is 4. The summed E-state index contributed by atoms with van der Waals surface area (Å²) in [6.45, 7) is 0. The maximum atomic E-state index is 5.44. The maximum Gasteiger partial charge on any atom is 0.169 e. The second kappa shape index (κ2) is 5.11. The highest BCUT2D eigenvalue weighted by atomic mass is 79.9. The third-order valence-corrected chi connectivity index (χ3v) is 4.47. The molecule has 1 aliphatic rings. The SMILES string of the molecule is Brc1ccoc1-c1cn([C@@H]2CCCc3cccnc32)nn1. The summed E-state index contributed by atoms with van der Waals surface area (Å²) < 4.78 is 8.23. The van der Waals surface area contributed by atoms with Gasteiger partial charge in [0.2, 0.25) is 0 Å². The van der Waals surface area contributed by atoms with Crippen LogP contribution in [0.2, 0.25) is 0 Å². The van der Waals surface area contributed by atoms with E-state index in [4.69, 9.17) is 4.42 Å². The first-order chi connectivity index (χ1) is 10.3. The van der Waals surface area contributed by atoms with Crippen molar-refractivity contribution in [2.45, 2.75) is 25.3 Å². The molecule has 3 heterocycles. The number of halogens is 1. The number of fused-ring (bicyclic) bond motifs is 1. The lowest BCUT2D eigenvalue weighted by Crippen LogP contribution is -2.19. The topological polar surface area (TPSA) is 56.7 Å². The lowest BCUT2D eigenvalue weighted by atomic mass is 9.92. The molecule has 5 nitrogen and oxygen atoms in total. The lowest BCUT2D eigenvalue weighted by molar-refractivity contribution is 0.430. The molecule has 1 aliphatic carbocycles. The summed E-state index contributed by atoms with van der Waals surface area (Å²) in [5.74, 6) is 0.707. The molecule has 0 amide bonds. The molecule has 21 heavy (non-hydrogen) atoms. The Morgan fingerprint density at radius 3 is 3.14 bits per heavy atom. The fraction of sp³-hybridized carbons (Fsp3) is 0.267. The van der Waals surface area contributed by atoms with E-state index in [0.717, 1.165) is 35.1 Å². The Kier molecular flexibility index (Phi) is 3.11. The van der Waals surface area contributed by atoms with Crippen molar-refractivity contribution >= 4 is 15.9 Å². The molecule has 6 heteroatoms. The summed E-state index contributed by atoms with van der Waals surface area (Å²) in [6.07, 6.45) is 8.67. The van der Waals surface area contributed by atoms with Gasteiger partial charge in [-0.3, -0.25) is 4.98 Å². The van der Waals surface area contributed by atoms with Crippen LogP contribution in [0.1, 0.15) is 30.1 Å². The van der Waals surface area contributed by atoms with E-state index in [-0.39, 0.29) is 6.04 Å². The predicted octanol–water partition coefficient (Wildman–Crippen LogP) is 3.62. The fourth-order valence-corrected chi connectivity index (χ4v) is 3.26. The Morgan fingerprint density at radius 2 is 2.29 bits per heavy atom. The van der Waals surface area contributed by atoms with Crippen LogP contribution in [0.25, 0.3) is 11.5 Å². The molecule has 1 atom stereocenters. The zero-order valence-corrected chi connectivity index (χ0v) is 12.8. The molecule has 0 aliphatic heterocycles. The van der Waals surface area contributed by atoms with Gasteiger partial charge >= 0.3 is 0 Å². The standard InChI is InChI=1S/C15H13BrN4O/c16-11-6-8-21-15(11)12-9-20(19-18-12)13-5-1-3-10-4-2-7-17-14(10)13/h2,4,6-9,13H,1,3,5H2/t13-/m1/s1. The molecule has 0 N–H and O–H groups in total. The normalized spacial score (nSPS) is 17.7. The zero-order valence-electron chi connectivity index (χ0n) is 11.2. The highest BCUT2D eigenvalue weighted by Crippen LogP contribution is 2.32. The Bertz CT molecular complexity index is 779. The van der Waals surface area contributed by atoms with Crippen LogP contribution in [0.5, 0.6) is 0 Å². The van der Waals surface area contributed by atoms with E-state index in [2.05, 4.69) is 37.3 Å². The van der Waals surface area contributed by atoms with Crippen molar-refractivity contribution < 1.29 is 4.42 Å². The van der Waals surface area contributed by atoms with Crippen molar-refractivity contribution in [3.05, 3.63) is 52.6 Å². The van der Waals surface area contributed by atoms with Gasteiger partial charge in [0.25, 0.3) is 0 Å². The summed E-state index contributed by atoms with van der Waals surface area (Å²) in [4.78, 5) is 4.55. The van der Waals surface area contributed by atoms with Crippen LogP contribution in [-0.2, 0) is 6.42 Å². The summed E-state index contributed by atoms with van der Waals surface area (Å²) in [6, 6.07) is 6.15. The van der Waals surface area contributed by atoms with Crippen molar-refractivity contribution in [2.24, 2.45) is 0 Å². The summed E-state index contributed by atoms with van der Waals surface area (Å²) >= 11 is 3.45. The molecule has 0 saturated carbocycles. The van der Waals surface area contributed by atoms with Crippen LogP contribution in [0.15, 0.2) is 45.7 Å². The van der Waals surface area contributed by atoms with Gasteiger partial charge in [0, 0.05) is 6.20 Å². The van der Waals surface area contributed by atoms with Gasteiger partial charge in [-0.1, -0.05) is 11.3 Å². The van der Waals surface area contributed by atoms with Gasteiger partial charge in [0.1, 0.15) is 5.69 Å². The number of furan rings is 1. The molecule has 0 unspecified atom stereocenters. The number of rotatable bonds is 2. The van der Waals surface area contributed by atoms with Crippen molar-refractivity contribution in [3.63, 3.8) is 0 Å². The summed E-state index contributed by atoms with van der Waals surface area (Å²) in [5, 5.41) is 8.51. The van der Waals surface area contributed by atoms with Gasteiger partial charge in [-0.05, 0) is 52.9 Å². The van der Waals surface area contributed by atoms with E-state index in [0.29, 0.717) is 5.76 Å². The second-order valence-electron chi connectivity index (χ2n) is 5.14. The van der Waals surface area contributed by atoms with Crippen LogP contribution >= 0.6 is 15.9 Å². The quantitative estimate of drug-likeness (QED) is 0.712. The molecule has 0 saturated heterocycles. The Balaban J connectivity index is 1.73. The van der Waals surface area contributed by atoms with Crippen LogP contribution in [0.3, 0.4) is 0 Å². The van der Waals surface area contributed by atoms with Crippen molar-refractivity contribution in [2.75, 3.05) is 0 Å². The molecule has 3 aromatic rings. The first-order valence-electron chi connectivity index (χ1n) is 6.92. The molecule has 3 aromatic heterocycles. The van der Waals surface area contributed by atoms with Gasteiger partial charge in [-0.15, -0.1) is 5.10 Å². The van der Waals surface area contributed by atoms with Crippen molar-refractivity contribution in [3.8, 4) is 11.5 Å². The van der Waals surface area contributed by atoms with E-state index in [1.54, 1.807) is 6.26 Å². The van der Waals surface area contributed by atoms with Gasteiger partial charge in [-0.2, -0.15) is 0 Å². The largest absolute Gasteiger partial charge is 0.461 e. The highest BCUT2D eigenvalue weighted by molar-refractivity contribution is 9.10. The third-order valence-electron chi connectivity index (χ3n) is 3.84. The van der Waals surface area contributed by atoms with E-state index in [9.17, 15) is 0 Å². The van der Waals surface area contributed by atoms with Crippen LogP contribution in [0, 0.1) is 0 Å². The van der Waals surface area contributed by atoms with E-state index < -0.39 is 0 Å². The highest BCUT2D eigenvalue weighted by Gasteiger charge is 2.24. The average molecular weight is 345 g/mol. The van der Waals surface area contributed by atoms with Crippen LogP contribution < -0.4 is 0 Å². The minimum Gasteiger partial charge on any atom is -0.461 e. The Morgan fingerprint density at radius 1 is 1.33 bits per heavy atom. The van der Waals surface area contributed by atoms with E-state index in [1.165, 1.54) is 5.56 Å². The summed E-state index contributed by atoms with van der Waals surface area (Å²) in [5.41, 5.74) is 3.15. The van der Waals surface area contributed by atoms with Gasteiger partial charge < -0.3 is 4.42 Å². The molecular formula is C15H13BrN4O. The van der Waals surface area contributed by atoms with Gasteiger partial charge in [0.05, 0.1) is 28.7 Å². The Labute approximate surface area is 130 Å². The molecule has 0 fully saturated rings. The van der Waals surface area contributed by atoms with E-state index in [1.807, 2.05) is 29.2 Å². The molecule has 0 spiro atoms. The fourth-order valence-electron chi connectivity index (χ4n) is 2.85. The molecule has 0 radical (unpaired) electrons. The number of pyridine rings is 1. The molecule has 0 aromatic carbocycles. The minimum absolute atomic E-state index is 0.157. The monoisotopic (exact) mass is 344 g/mol. The Hall–Kier alpha value is -1.95. The first-order valence-corrected chi connectivity index (χ1v) is 7.71. The molecule has 0 bridgehead atoms.